The number of piperidine rings is 1. The minimum atomic E-state index is -0.103. The number of oxazole rings is 1. The standard InChI is InChI=1S/C29H30N6O3/c1-18(2)23-14-20(16-30)15-24-26(23)38-28(33-24)22-6-4-21(5-7-22)27(36)32-17-19-9-12-35(13-10-19)29-31-11-8-25(34-29)37-3/h4-8,11,14-15,18-19H,9-10,12-13,17H2,1-3H3,(H,32,36). The second-order valence-corrected chi connectivity index (χ2v) is 9.82. The van der Waals surface area contributed by atoms with Crippen molar-refractivity contribution in [2.24, 2.45) is 5.92 Å². The fourth-order valence-corrected chi connectivity index (χ4v) is 4.71. The van der Waals surface area contributed by atoms with E-state index < -0.39 is 0 Å². The Bertz CT molecular complexity index is 1480. The third-order valence-electron chi connectivity index (χ3n) is 6.94. The summed E-state index contributed by atoms with van der Waals surface area (Å²) in [7, 11) is 1.60. The number of hydrogen-bond acceptors (Lipinski definition) is 8. The highest BCUT2D eigenvalue weighted by atomic mass is 16.5. The van der Waals surface area contributed by atoms with Gasteiger partial charge in [0.25, 0.3) is 5.91 Å². The predicted molar refractivity (Wildman–Crippen MR) is 144 cm³/mol. The molecular weight excluding hydrogens is 480 g/mol. The number of nitrogens with one attached hydrogen (secondary N) is 1. The summed E-state index contributed by atoms with van der Waals surface area (Å²) in [4.78, 5) is 28.3. The van der Waals surface area contributed by atoms with Gasteiger partial charge in [-0.15, -0.1) is 0 Å². The minimum Gasteiger partial charge on any atom is -0.481 e. The Labute approximate surface area is 221 Å². The van der Waals surface area contributed by atoms with Gasteiger partial charge in [0, 0.05) is 48.6 Å². The molecule has 1 saturated heterocycles. The van der Waals surface area contributed by atoms with Crippen LogP contribution < -0.4 is 15.0 Å². The number of anilines is 1. The number of ether oxygens (including phenoxy) is 1. The summed E-state index contributed by atoms with van der Waals surface area (Å²) in [5, 5.41) is 12.4. The third kappa shape index (κ3) is 5.30. The van der Waals surface area contributed by atoms with Crippen molar-refractivity contribution in [2.75, 3.05) is 31.6 Å². The molecule has 3 heterocycles. The molecule has 194 valence electrons. The van der Waals surface area contributed by atoms with Crippen LogP contribution in [-0.2, 0) is 0 Å². The van der Waals surface area contributed by atoms with Crippen LogP contribution in [0.3, 0.4) is 0 Å². The van der Waals surface area contributed by atoms with Crippen LogP contribution in [0.15, 0.2) is 53.1 Å². The lowest BCUT2D eigenvalue weighted by atomic mass is 9.97. The first-order chi connectivity index (χ1) is 18.4. The predicted octanol–water partition coefficient (Wildman–Crippen LogP) is 4.93. The summed E-state index contributed by atoms with van der Waals surface area (Å²) in [6.07, 6.45) is 3.60. The van der Waals surface area contributed by atoms with Crippen LogP contribution in [0.25, 0.3) is 22.6 Å². The summed E-state index contributed by atoms with van der Waals surface area (Å²) in [5.41, 5.74) is 4.23. The first kappa shape index (κ1) is 25.2. The second-order valence-electron chi connectivity index (χ2n) is 9.82. The van der Waals surface area contributed by atoms with E-state index in [-0.39, 0.29) is 11.8 Å². The third-order valence-corrected chi connectivity index (χ3v) is 6.94. The Morgan fingerprint density at radius 2 is 1.95 bits per heavy atom. The summed E-state index contributed by atoms with van der Waals surface area (Å²) < 4.78 is 11.3. The van der Waals surface area contributed by atoms with Gasteiger partial charge in [-0.3, -0.25) is 4.79 Å². The number of aromatic nitrogens is 3. The first-order valence-electron chi connectivity index (χ1n) is 12.8. The fourth-order valence-electron chi connectivity index (χ4n) is 4.71. The number of nitrogens with zero attached hydrogens (tertiary/aromatic N) is 5. The zero-order chi connectivity index (χ0) is 26.6. The van der Waals surface area contributed by atoms with Gasteiger partial charge in [0.1, 0.15) is 5.52 Å². The van der Waals surface area contributed by atoms with Crippen molar-refractivity contribution in [1.82, 2.24) is 20.3 Å². The summed E-state index contributed by atoms with van der Waals surface area (Å²) in [6.45, 7) is 6.41. The number of carbonyl (C=O) groups is 1. The highest BCUT2D eigenvalue weighted by molar-refractivity contribution is 5.94. The number of rotatable bonds is 7. The number of amides is 1. The molecule has 1 amide bonds. The zero-order valence-electron chi connectivity index (χ0n) is 21.8. The Morgan fingerprint density at radius 1 is 1.18 bits per heavy atom. The average Bonchev–Trinajstić information content (AvgIpc) is 3.40. The number of carbonyl (C=O) groups excluding carboxylic acids is 1. The quantitative estimate of drug-likeness (QED) is 0.372. The SMILES string of the molecule is COc1ccnc(N2CCC(CNC(=O)c3ccc(-c4nc5cc(C#N)cc(C(C)C)c5o4)cc3)CC2)n1. The molecule has 2 aromatic carbocycles. The van der Waals surface area contributed by atoms with E-state index in [9.17, 15) is 10.1 Å². The van der Waals surface area contributed by atoms with Gasteiger partial charge in [0.05, 0.1) is 18.7 Å². The molecule has 1 aliphatic heterocycles. The molecule has 38 heavy (non-hydrogen) atoms. The fraction of sp³-hybridized carbons (Fsp3) is 0.345. The average molecular weight is 511 g/mol. The Morgan fingerprint density at radius 3 is 2.63 bits per heavy atom. The lowest BCUT2D eigenvalue weighted by Gasteiger charge is -2.32. The highest BCUT2D eigenvalue weighted by Crippen LogP contribution is 2.31. The van der Waals surface area contributed by atoms with Crippen LogP contribution in [0.1, 0.15) is 54.1 Å². The molecule has 0 radical (unpaired) electrons. The molecule has 0 saturated carbocycles. The molecule has 0 atom stereocenters. The van der Waals surface area contributed by atoms with Crippen molar-refractivity contribution in [1.29, 1.82) is 5.26 Å². The van der Waals surface area contributed by atoms with E-state index in [0.717, 1.165) is 37.1 Å². The van der Waals surface area contributed by atoms with E-state index in [4.69, 9.17) is 9.15 Å². The number of methoxy groups -OCH3 is 1. The van der Waals surface area contributed by atoms with E-state index in [1.54, 1.807) is 37.6 Å². The number of benzene rings is 2. The molecule has 0 aliphatic carbocycles. The molecule has 5 rings (SSSR count). The maximum atomic E-state index is 12.8. The van der Waals surface area contributed by atoms with Crippen LogP contribution in [0.2, 0.25) is 0 Å². The first-order valence-corrected chi connectivity index (χ1v) is 12.8. The molecule has 1 aliphatic rings. The lowest BCUT2D eigenvalue weighted by molar-refractivity contribution is 0.0945. The Balaban J connectivity index is 1.19. The van der Waals surface area contributed by atoms with Crippen LogP contribution in [0, 0.1) is 17.2 Å². The highest BCUT2D eigenvalue weighted by Gasteiger charge is 2.22. The van der Waals surface area contributed by atoms with Gasteiger partial charge >= 0.3 is 0 Å². The van der Waals surface area contributed by atoms with Crippen molar-refractivity contribution in [3.8, 4) is 23.4 Å². The molecule has 9 nitrogen and oxygen atoms in total. The minimum absolute atomic E-state index is 0.103. The van der Waals surface area contributed by atoms with E-state index in [1.165, 1.54) is 0 Å². The van der Waals surface area contributed by atoms with Crippen molar-refractivity contribution >= 4 is 23.0 Å². The maximum Gasteiger partial charge on any atom is 0.251 e. The normalized spacial score (nSPS) is 14.0. The topological polar surface area (TPSA) is 117 Å². The van der Waals surface area contributed by atoms with Gasteiger partial charge in [-0.25, -0.2) is 9.97 Å². The van der Waals surface area contributed by atoms with E-state index in [2.05, 4.69) is 45.1 Å². The molecular formula is C29H30N6O3. The number of hydrogen-bond donors (Lipinski definition) is 1. The number of nitriles is 1. The van der Waals surface area contributed by atoms with Crippen molar-refractivity contribution < 1.29 is 13.9 Å². The lowest BCUT2D eigenvalue weighted by Crippen LogP contribution is -2.39. The van der Waals surface area contributed by atoms with Gasteiger partial charge in [0.2, 0.25) is 17.7 Å². The number of fused-ring (bicyclic) bond motifs is 1. The maximum absolute atomic E-state index is 12.8. The van der Waals surface area contributed by atoms with Crippen molar-refractivity contribution in [3.63, 3.8) is 0 Å². The monoisotopic (exact) mass is 510 g/mol. The Hall–Kier alpha value is -4.45. The van der Waals surface area contributed by atoms with Gasteiger partial charge in [-0.2, -0.15) is 10.2 Å². The van der Waals surface area contributed by atoms with Crippen molar-refractivity contribution in [2.45, 2.75) is 32.6 Å². The molecule has 0 spiro atoms. The van der Waals surface area contributed by atoms with Gasteiger partial charge in [-0.05, 0) is 61.1 Å². The molecule has 4 aromatic rings. The van der Waals surface area contributed by atoms with Crippen LogP contribution in [0.4, 0.5) is 5.95 Å². The summed E-state index contributed by atoms with van der Waals surface area (Å²) in [5.74, 6) is 2.19. The molecule has 2 aromatic heterocycles. The van der Waals surface area contributed by atoms with Crippen LogP contribution >= 0.6 is 0 Å². The summed E-state index contributed by atoms with van der Waals surface area (Å²) >= 11 is 0. The van der Waals surface area contributed by atoms with Gasteiger partial charge in [0.15, 0.2) is 5.58 Å². The molecule has 1 fully saturated rings. The van der Waals surface area contributed by atoms with E-state index in [0.29, 0.717) is 52.4 Å². The smallest absolute Gasteiger partial charge is 0.251 e. The van der Waals surface area contributed by atoms with Crippen LogP contribution in [-0.4, -0.2) is 47.6 Å². The van der Waals surface area contributed by atoms with E-state index >= 15 is 0 Å². The van der Waals surface area contributed by atoms with Gasteiger partial charge in [-0.1, -0.05) is 13.8 Å². The molecule has 1 N–H and O–H groups in total. The second kappa shape index (κ2) is 10.9. The van der Waals surface area contributed by atoms with Gasteiger partial charge < -0.3 is 19.4 Å². The van der Waals surface area contributed by atoms with E-state index in [1.807, 2.05) is 18.2 Å². The molecule has 0 bridgehead atoms. The molecule has 0 unspecified atom stereocenters. The Kier molecular flexibility index (Phi) is 7.22. The zero-order valence-corrected chi connectivity index (χ0v) is 21.8. The molecule has 9 heteroatoms. The van der Waals surface area contributed by atoms with Crippen LogP contribution in [0.5, 0.6) is 5.88 Å². The summed E-state index contributed by atoms with van der Waals surface area (Å²) in [6, 6.07) is 14.8. The largest absolute Gasteiger partial charge is 0.481 e. The van der Waals surface area contributed by atoms with Crippen molar-refractivity contribution in [3.05, 3.63) is 65.4 Å².